The molecule has 0 N–H and O–H groups in total. The van der Waals surface area contributed by atoms with Gasteiger partial charge in [0.05, 0.1) is 13.7 Å². The van der Waals surface area contributed by atoms with Crippen LogP contribution in [0.25, 0.3) is 0 Å². The van der Waals surface area contributed by atoms with Gasteiger partial charge in [-0.2, -0.15) is 0 Å². The van der Waals surface area contributed by atoms with Crippen molar-refractivity contribution in [1.29, 1.82) is 0 Å². The van der Waals surface area contributed by atoms with Crippen LogP contribution in [0.3, 0.4) is 0 Å². The molecule has 3 nitrogen and oxygen atoms in total. The van der Waals surface area contributed by atoms with Crippen molar-refractivity contribution < 1.29 is 9.53 Å². The van der Waals surface area contributed by atoms with E-state index in [9.17, 15) is 4.79 Å². The standard InChI is InChI=1S/C13H18ClNO2/c1-10-8-13(17-3)11(9-12(10)14)4-5-15(2)6-7-16/h7-9H,4-6H2,1-3H3. The van der Waals surface area contributed by atoms with E-state index in [1.165, 1.54) is 0 Å². The molecule has 0 aromatic heterocycles. The summed E-state index contributed by atoms with van der Waals surface area (Å²) in [7, 11) is 3.57. The van der Waals surface area contributed by atoms with Crippen LogP contribution in [0.2, 0.25) is 5.02 Å². The number of halogens is 1. The van der Waals surface area contributed by atoms with Crippen molar-refractivity contribution in [3.05, 3.63) is 28.3 Å². The van der Waals surface area contributed by atoms with E-state index in [0.29, 0.717) is 6.54 Å². The maximum absolute atomic E-state index is 10.4. The molecule has 94 valence electrons. The lowest BCUT2D eigenvalue weighted by atomic mass is 10.1. The van der Waals surface area contributed by atoms with Gasteiger partial charge in [0.15, 0.2) is 0 Å². The van der Waals surface area contributed by atoms with Gasteiger partial charge < -0.3 is 9.53 Å². The van der Waals surface area contributed by atoms with Gasteiger partial charge in [0.25, 0.3) is 0 Å². The van der Waals surface area contributed by atoms with Crippen LogP contribution >= 0.6 is 11.6 Å². The molecular weight excluding hydrogens is 238 g/mol. The average Bonchev–Trinajstić information content (AvgIpc) is 2.30. The number of aldehydes is 1. The minimum absolute atomic E-state index is 0.446. The Morgan fingerprint density at radius 3 is 2.76 bits per heavy atom. The third-order valence-corrected chi connectivity index (χ3v) is 3.12. The molecule has 0 radical (unpaired) electrons. The number of likely N-dealkylation sites (N-methyl/N-ethyl adjacent to an activating group) is 1. The van der Waals surface area contributed by atoms with E-state index < -0.39 is 0 Å². The molecule has 1 aromatic rings. The van der Waals surface area contributed by atoms with Crippen LogP contribution in [-0.2, 0) is 11.2 Å². The number of hydrogen-bond acceptors (Lipinski definition) is 3. The molecule has 0 saturated carbocycles. The van der Waals surface area contributed by atoms with Crippen molar-refractivity contribution in [2.45, 2.75) is 13.3 Å². The maximum Gasteiger partial charge on any atom is 0.133 e. The molecule has 17 heavy (non-hydrogen) atoms. The highest BCUT2D eigenvalue weighted by Gasteiger charge is 2.08. The second-order valence-electron chi connectivity index (χ2n) is 4.09. The van der Waals surface area contributed by atoms with Gasteiger partial charge >= 0.3 is 0 Å². The highest BCUT2D eigenvalue weighted by Crippen LogP contribution is 2.26. The van der Waals surface area contributed by atoms with Crippen molar-refractivity contribution in [1.82, 2.24) is 4.90 Å². The maximum atomic E-state index is 10.4. The predicted molar refractivity (Wildman–Crippen MR) is 70.0 cm³/mol. The molecule has 0 aliphatic heterocycles. The van der Waals surface area contributed by atoms with Crippen LogP contribution < -0.4 is 4.74 Å². The Morgan fingerprint density at radius 1 is 1.47 bits per heavy atom. The molecule has 0 aliphatic carbocycles. The first-order valence-corrected chi connectivity index (χ1v) is 5.91. The van der Waals surface area contributed by atoms with E-state index in [4.69, 9.17) is 16.3 Å². The highest BCUT2D eigenvalue weighted by molar-refractivity contribution is 6.31. The summed E-state index contributed by atoms with van der Waals surface area (Å²) in [6, 6.07) is 3.88. The number of aryl methyl sites for hydroxylation is 1. The van der Waals surface area contributed by atoms with Crippen LogP contribution in [0.4, 0.5) is 0 Å². The van der Waals surface area contributed by atoms with E-state index in [1.54, 1.807) is 7.11 Å². The highest BCUT2D eigenvalue weighted by atomic mass is 35.5. The fraction of sp³-hybridized carbons (Fsp3) is 0.462. The van der Waals surface area contributed by atoms with E-state index >= 15 is 0 Å². The smallest absolute Gasteiger partial charge is 0.133 e. The average molecular weight is 256 g/mol. The molecule has 0 spiro atoms. The minimum Gasteiger partial charge on any atom is -0.496 e. The number of ether oxygens (including phenoxy) is 1. The van der Waals surface area contributed by atoms with E-state index in [2.05, 4.69) is 0 Å². The molecule has 0 fully saturated rings. The molecule has 0 aliphatic rings. The largest absolute Gasteiger partial charge is 0.496 e. The lowest BCUT2D eigenvalue weighted by Gasteiger charge is -2.15. The molecule has 0 bridgehead atoms. The molecule has 0 heterocycles. The summed E-state index contributed by atoms with van der Waals surface area (Å²) in [6.45, 7) is 3.20. The topological polar surface area (TPSA) is 29.5 Å². The Kier molecular flexibility index (Phi) is 5.45. The third kappa shape index (κ3) is 4.02. The Bertz CT molecular complexity index is 393. The summed E-state index contributed by atoms with van der Waals surface area (Å²) in [6.07, 6.45) is 1.72. The third-order valence-electron chi connectivity index (χ3n) is 2.71. The molecule has 0 unspecified atom stereocenters. The zero-order chi connectivity index (χ0) is 12.8. The predicted octanol–water partition coefficient (Wildman–Crippen LogP) is 2.33. The number of carbonyl (C=O) groups excluding carboxylic acids is 1. The second-order valence-corrected chi connectivity index (χ2v) is 4.50. The van der Waals surface area contributed by atoms with Crippen LogP contribution in [0.5, 0.6) is 5.75 Å². The lowest BCUT2D eigenvalue weighted by Crippen LogP contribution is -2.23. The van der Waals surface area contributed by atoms with E-state index in [0.717, 1.165) is 41.2 Å². The van der Waals surface area contributed by atoms with Crippen LogP contribution in [0, 0.1) is 6.92 Å². The zero-order valence-electron chi connectivity index (χ0n) is 10.5. The number of rotatable bonds is 6. The first kappa shape index (κ1) is 14.0. The number of carbonyl (C=O) groups is 1. The second kappa shape index (κ2) is 6.62. The first-order chi connectivity index (χ1) is 8.08. The first-order valence-electron chi connectivity index (χ1n) is 5.53. The number of hydrogen-bond donors (Lipinski definition) is 0. The summed E-state index contributed by atoms with van der Waals surface area (Å²) in [5, 5.41) is 0.749. The van der Waals surface area contributed by atoms with Crippen LogP contribution in [0.1, 0.15) is 11.1 Å². The van der Waals surface area contributed by atoms with Crippen molar-refractivity contribution in [3.8, 4) is 5.75 Å². The van der Waals surface area contributed by atoms with Gasteiger partial charge in [-0.15, -0.1) is 0 Å². The van der Waals surface area contributed by atoms with Gasteiger partial charge in [-0.25, -0.2) is 0 Å². The van der Waals surface area contributed by atoms with Crippen molar-refractivity contribution in [2.24, 2.45) is 0 Å². The molecular formula is C13H18ClNO2. The van der Waals surface area contributed by atoms with Crippen LogP contribution in [-0.4, -0.2) is 38.4 Å². The number of nitrogens with zero attached hydrogens (tertiary/aromatic N) is 1. The van der Waals surface area contributed by atoms with E-state index in [-0.39, 0.29) is 0 Å². The summed E-state index contributed by atoms with van der Waals surface area (Å²) < 4.78 is 5.33. The molecule has 1 rings (SSSR count). The van der Waals surface area contributed by atoms with Gasteiger partial charge in [0.2, 0.25) is 0 Å². The lowest BCUT2D eigenvalue weighted by molar-refractivity contribution is -0.108. The van der Waals surface area contributed by atoms with E-state index in [1.807, 2.05) is 31.0 Å². The summed E-state index contributed by atoms with van der Waals surface area (Å²) in [5.74, 6) is 0.853. The molecule has 0 amide bonds. The summed E-state index contributed by atoms with van der Waals surface area (Å²) in [5.41, 5.74) is 2.08. The van der Waals surface area contributed by atoms with Crippen LogP contribution in [0.15, 0.2) is 12.1 Å². The molecule has 0 saturated heterocycles. The summed E-state index contributed by atoms with van der Waals surface area (Å²) in [4.78, 5) is 12.3. The molecule has 4 heteroatoms. The van der Waals surface area contributed by atoms with Gasteiger partial charge in [0, 0.05) is 11.6 Å². The van der Waals surface area contributed by atoms with Gasteiger partial charge in [-0.05, 0) is 43.7 Å². The van der Waals surface area contributed by atoms with Crippen molar-refractivity contribution >= 4 is 17.9 Å². The Labute approximate surface area is 107 Å². The quantitative estimate of drug-likeness (QED) is 0.731. The normalized spacial score (nSPS) is 10.6. The zero-order valence-corrected chi connectivity index (χ0v) is 11.3. The van der Waals surface area contributed by atoms with Crippen molar-refractivity contribution in [2.75, 3.05) is 27.2 Å². The van der Waals surface area contributed by atoms with Gasteiger partial charge in [-0.1, -0.05) is 11.6 Å². The Hall–Kier alpha value is -1.06. The fourth-order valence-electron chi connectivity index (χ4n) is 1.61. The Balaban J connectivity index is 2.75. The SMILES string of the molecule is COc1cc(C)c(Cl)cc1CCN(C)CC=O. The van der Waals surface area contributed by atoms with Gasteiger partial charge in [0.1, 0.15) is 12.0 Å². The molecule has 1 aromatic carbocycles. The monoisotopic (exact) mass is 255 g/mol. The fourth-order valence-corrected chi connectivity index (χ4v) is 1.80. The van der Waals surface area contributed by atoms with Crippen molar-refractivity contribution in [3.63, 3.8) is 0 Å². The molecule has 0 atom stereocenters. The number of methoxy groups -OCH3 is 1. The minimum atomic E-state index is 0.446. The number of benzene rings is 1. The van der Waals surface area contributed by atoms with Gasteiger partial charge in [-0.3, -0.25) is 4.90 Å². The Morgan fingerprint density at radius 2 is 2.18 bits per heavy atom. The summed E-state index contributed by atoms with van der Waals surface area (Å²) >= 11 is 6.09.